The van der Waals surface area contributed by atoms with E-state index in [1.54, 1.807) is 0 Å². The summed E-state index contributed by atoms with van der Waals surface area (Å²) in [7, 11) is -7.88. The van der Waals surface area contributed by atoms with Gasteiger partial charge in [-0.3, -0.25) is 4.79 Å². The van der Waals surface area contributed by atoms with Crippen LogP contribution in [0.1, 0.15) is 211 Å². The van der Waals surface area contributed by atoms with E-state index in [0.29, 0.717) is 77.6 Å². The van der Waals surface area contributed by atoms with Gasteiger partial charge in [0.15, 0.2) is 5.78 Å². The molecule has 5 heteroatoms. The van der Waals surface area contributed by atoms with Crippen LogP contribution in [0.5, 0.6) is 0 Å². The van der Waals surface area contributed by atoms with E-state index < -0.39 is 32.3 Å². The number of rotatable bonds is 16. The van der Waals surface area contributed by atoms with Crippen LogP contribution >= 0.6 is 0 Å². The van der Waals surface area contributed by atoms with Gasteiger partial charge in [0, 0.05) is 44.5 Å². The molecule has 78 heavy (non-hydrogen) atoms. The van der Waals surface area contributed by atoms with Crippen molar-refractivity contribution >= 4 is 60.4 Å². The van der Waals surface area contributed by atoms with Gasteiger partial charge in [0.25, 0.3) is 0 Å². The molecule has 0 N–H and O–H groups in total. The summed E-state index contributed by atoms with van der Waals surface area (Å²) < 4.78 is 0. The van der Waals surface area contributed by atoms with E-state index in [4.69, 9.17) is 0 Å². The van der Waals surface area contributed by atoms with Gasteiger partial charge in [0.05, 0.1) is 0 Å². The molecule has 4 aromatic carbocycles. The van der Waals surface area contributed by atoms with Crippen molar-refractivity contribution in [1.82, 2.24) is 0 Å². The van der Waals surface area contributed by atoms with Crippen LogP contribution in [0.3, 0.4) is 0 Å². The quantitative estimate of drug-likeness (QED) is 0.0807. The maximum Gasteiger partial charge on any atom is 0.195 e. The highest BCUT2D eigenvalue weighted by atomic mass is 28.3. The van der Waals surface area contributed by atoms with Crippen LogP contribution in [0.4, 0.5) is 0 Å². The van der Waals surface area contributed by atoms with Gasteiger partial charge >= 0.3 is 0 Å². The molecule has 0 aliphatic heterocycles. The van der Waals surface area contributed by atoms with Crippen molar-refractivity contribution in [1.29, 1.82) is 0 Å². The highest BCUT2D eigenvalue weighted by Crippen LogP contribution is 2.51. The fourth-order valence-corrected chi connectivity index (χ4v) is 36.0. The van der Waals surface area contributed by atoms with Gasteiger partial charge in [-0.05, 0) is 137 Å². The lowest BCUT2D eigenvalue weighted by Gasteiger charge is -2.38. The third-order valence-electron chi connectivity index (χ3n) is 19.1. The molecule has 0 amide bonds. The van der Waals surface area contributed by atoms with Crippen LogP contribution < -0.4 is 0 Å². The minimum atomic E-state index is -1.97. The number of hydrogen-bond donors (Lipinski definition) is 0. The highest BCUT2D eigenvalue weighted by Gasteiger charge is 2.45. The fraction of sp³-hybridized carbons (Fsp3) is 0.493. The SMILES string of the molecule is CC(C)[Si](C#Cc1ccc(C2=C(c3ccc(C#C[Si](C(C)C)(C(C)C)C(C)C)cc3)C(c3ccc(C#C[Si](C(C)C)(C(C)C)C(C)C)cc3)=C(c3ccc(C#C[Si](C(C)C)(C(C)C)C(C)C)cc3)C2=O)cc1)(C(C)C)C(C)C. The lowest BCUT2D eigenvalue weighted by Crippen LogP contribution is -2.43. The molecule has 0 radical (unpaired) electrons. The number of Topliss-reactive ketones (excluding diaryl/α,β-unsaturated/α-hetero) is 1. The predicted molar refractivity (Wildman–Crippen MR) is 356 cm³/mol. The van der Waals surface area contributed by atoms with Gasteiger partial charge < -0.3 is 0 Å². The van der Waals surface area contributed by atoms with E-state index in [0.717, 1.165) is 55.7 Å². The molecule has 0 saturated heterocycles. The van der Waals surface area contributed by atoms with E-state index in [1.165, 1.54) is 0 Å². The summed E-state index contributed by atoms with van der Waals surface area (Å²) in [4.78, 5) is 16.0. The maximum absolute atomic E-state index is 16.0. The zero-order chi connectivity index (χ0) is 58.4. The molecular weight excluding hydrogens is 1010 g/mol. The number of allylic oxidation sites excluding steroid dienone is 4. The molecule has 0 fully saturated rings. The Morgan fingerprint density at radius 1 is 0.231 bits per heavy atom. The van der Waals surface area contributed by atoms with Crippen LogP contribution in [0.15, 0.2) is 97.1 Å². The monoisotopic (exact) mass is 1100 g/mol. The molecule has 0 heterocycles. The molecule has 0 bridgehead atoms. The molecule has 0 spiro atoms. The number of ketones is 1. The number of hydrogen-bond acceptors (Lipinski definition) is 1. The highest BCUT2D eigenvalue weighted by molar-refractivity contribution is 6.92. The van der Waals surface area contributed by atoms with Crippen molar-refractivity contribution in [3.05, 3.63) is 142 Å². The normalized spacial score (nSPS) is 13.8. The van der Waals surface area contributed by atoms with E-state index in [-0.39, 0.29) is 5.78 Å². The van der Waals surface area contributed by atoms with Gasteiger partial charge in [-0.2, -0.15) is 0 Å². The molecule has 1 aliphatic carbocycles. The summed E-state index contributed by atoms with van der Waals surface area (Å²) in [6.45, 7) is 56.8. The Balaban J connectivity index is 1.85. The van der Waals surface area contributed by atoms with Crippen LogP contribution in [0.25, 0.3) is 22.3 Å². The Morgan fingerprint density at radius 3 is 0.513 bits per heavy atom. The first-order valence-electron chi connectivity index (χ1n) is 30.1. The molecule has 0 saturated carbocycles. The summed E-state index contributed by atoms with van der Waals surface area (Å²) in [5.41, 5.74) is 33.2. The maximum atomic E-state index is 16.0. The number of carbonyl (C=O) groups excluding carboxylic acids is 1. The smallest absolute Gasteiger partial charge is 0.195 e. The zero-order valence-corrected chi connectivity index (χ0v) is 57.1. The topological polar surface area (TPSA) is 17.1 Å². The van der Waals surface area contributed by atoms with E-state index >= 15 is 4.79 Å². The van der Waals surface area contributed by atoms with Crippen molar-refractivity contribution in [2.24, 2.45) is 0 Å². The van der Waals surface area contributed by atoms with Crippen molar-refractivity contribution in [3.63, 3.8) is 0 Å². The molecule has 1 nitrogen and oxygen atoms in total. The van der Waals surface area contributed by atoms with Gasteiger partial charge in [0.2, 0.25) is 0 Å². The zero-order valence-electron chi connectivity index (χ0n) is 53.1. The second-order valence-electron chi connectivity index (χ2n) is 26.7. The Hall–Kier alpha value is -4.86. The molecule has 1 aliphatic rings. The molecule has 0 atom stereocenters. The Morgan fingerprint density at radius 2 is 0.372 bits per heavy atom. The average Bonchev–Trinajstić information content (AvgIpc) is 3.67. The van der Waals surface area contributed by atoms with Gasteiger partial charge in [-0.15, -0.1) is 22.2 Å². The Bertz CT molecular complexity index is 2750. The van der Waals surface area contributed by atoms with Gasteiger partial charge in [-0.25, -0.2) is 0 Å². The number of benzene rings is 4. The summed E-state index contributed by atoms with van der Waals surface area (Å²) in [5.74, 6) is 14.8. The van der Waals surface area contributed by atoms with E-state index in [9.17, 15) is 0 Å². The second kappa shape index (κ2) is 26.2. The minimum absolute atomic E-state index is 0.0188. The summed E-state index contributed by atoms with van der Waals surface area (Å²) in [6.07, 6.45) is 0. The van der Waals surface area contributed by atoms with Gasteiger partial charge in [-0.1, -0.05) is 238 Å². The largest absolute Gasteiger partial charge is 0.289 e. The van der Waals surface area contributed by atoms with Crippen molar-refractivity contribution in [2.75, 3.05) is 0 Å². The molecule has 5 rings (SSSR count). The van der Waals surface area contributed by atoms with Crippen molar-refractivity contribution in [2.45, 2.75) is 233 Å². The lowest BCUT2D eigenvalue weighted by atomic mass is 9.88. The fourth-order valence-electron chi connectivity index (χ4n) is 15.1. The van der Waals surface area contributed by atoms with Crippen LogP contribution in [0, 0.1) is 45.9 Å². The van der Waals surface area contributed by atoms with Crippen LogP contribution in [-0.2, 0) is 4.79 Å². The molecular formula is C73H100OSi4. The molecule has 0 unspecified atom stereocenters. The van der Waals surface area contributed by atoms with E-state index in [1.807, 2.05) is 0 Å². The minimum Gasteiger partial charge on any atom is -0.289 e. The summed E-state index contributed by atoms with van der Waals surface area (Å²) in [6, 6.07) is 34.6. The first kappa shape index (κ1) is 64.0. The Labute approximate surface area is 482 Å². The third-order valence-corrected chi connectivity index (χ3v) is 44.2. The molecule has 4 aromatic rings. The molecule has 0 aromatic heterocycles. The van der Waals surface area contributed by atoms with Crippen LogP contribution in [-0.4, -0.2) is 38.1 Å². The standard InChI is InChI=1S/C73H100OSi4/c1-49(2)75(50(3)4,51(5)6)45-41-61-25-33-65(34-26-61)69-70(66-35-27-62(28-36-66)42-46-76(52(7)8,53(9)10)54(11)12)72(68-39-31-64(32-40-68)44-48-78(58(19)20,59(21)22)60(23)24)73(74)71(69)67-37-29-63(30-38-67)43-47-77(55(13)14,56(15)16)57(17)18/h25-40,49-60H,1-24H3. The number of carbonyl (C=O) groups is 1. The summed E-state index contributed by atoms with van der Waals surface area (Å²) >= 11 is 0. The first-order valence-corrected chi connectivity index (χ1v) is 39.0. The Kier molecular flexibility index (Phi) is 21.4. The van der Waals surface area contributed by atoms with Crippen LogP contribution in [0.2, 0.25) is 66.5 Å². The van der Waals surface area contributed by atoms with Crippen molar-refractivity contribution < 1.29 is 4.79 Å². The lowest BCUT2D eigenvalue weighted by molar-refractivity contribution is -0.108. The second-order valence-corrected chi connectivity index (χ2v) is 49.0. The predicted octanol–water partition coefficient (Wildman–Crippen LogP) is 21.1. The molecule has 414 valence electrons. The van der Waals surface area contributed by atoms with E-state index in [2.05, 4.69) is 309 Å². The first-order chi connectivity index (χ1) is 36.5. The average molecular weight is 1110 g/mol. The summed E-state index contributed by atoms with van der Waals surface area (Å²) in [5, 5.41) is 0. The van der Waals surface area contributed by atoms with Crippen molar-refractivity contribution in [3.8, 4) is 45.9 Å². The third kappa shape index (κ3) is 12.5. The van der Waals surface area contributed by atoms with Gasteiger partial charge in [0.1, 0.15) is 32.3 Å².